The van der Waals surface area contributed by atoms with E-state index in [4.69, 9.17) is 11.6 Å². The van der Waals surface area contributed by atoms with Crippen molar-refractivity contribution in [2.45, 2.75) is 70.9 Å². The third kappa shape index (κ3) is 4.28. The van der Waals surface area contributed by atoms with Crippen LogP contribution in [0.1, 0.15) is 61.9 Å². The fourth-order valence-electron chi connectivity index (χ4n) is 7.91. The van der Waals surface area contributed by atoms with E-state index in [-0.39, 0.29) is 22.5 Å². The number of nitro groups is 1. The summed E-state index contributed by atoms with van der Waals surface area (Å²) in [5.41, 5.74) is 2.56. The van der Waals surface area contributed by atoms with Crippen LogP contribution in [0.3, 0.4) is 0 Å². The van der Waals surface area contributed by atoms with E-state index in [0.717, 1.165) is 49.8 Å². The van der Waals surface area contributed by atoms with Crippen molar-refractivity contribution in [3.05, 3.63) is 68.5 Å². The Bertz CT molecular complexity index is 1430. The smallest absolute Gasteiger partial charge is 0.307 e. The van der Waals surface area contributed by atoms with Gasteiger partial charge in [0.05, 0.1) is 34.1 Å². The van der Waals surface area contributed by atoms with Gasteiger partial charge in [-0.15, -0.1) is 0 Å². The van der Waals surface area contributed by atoms with Gasteiger partial charge < -0.3 is 5.32 Å². The minimum Gasteiger partial charge on any atom is -0.323 e. The lowest BCUT2D eigenvalue weighted by molar-refractivity contribution is -0.385. The molecule has 4 fully saturated rings. The van der Waals surface area contributed by atoms with Crippen LogP contribution in [0.5, 0.6) is 0 Å². The molecule has 0 aliphatic heterocycles. The molecule has 7 rings (SSSR count). The molecule has 38 heavy (non-hydrogen) atoms. The predicted octanol–water partition coefficient (Wildman–Crippen LogP) is 5.77. The molecular weight excluding hydrogens is 511 g/mol. The number of rotatable bonds is 7. The first-order valence-electron chi connectivity index (χ1n) is 13.0. The van der Waals surface area contributed by atoms with Crippen LogP contribution in [0.2, 0.25) is 5.02 Å². The van der Waals surface area contributed by atoms with Crippen LogP contribution < -0.4 is 5.32 Å². The summed E-state index contributed by atoms with van der Waals surface area (Å²) in [6.07, 6.45) is 9.19. The molecule has 4 bridgehead atoms. The van der Waals surface area contributed by atoms with Crippen molar-refractivity contribution in [3.63, 3.8) is 0 Å². The highest BCUT2D eigenvalue weighted by atomic mass is 35.5. The molecule has 9 nitrogen and oxygen atoms in total. The maximum Gasteiger partial charge on any atom is 0.307 e. The Morgan fingerprint density at radius 3 is 2.66 bits per heavy atom. The number of hydrogen-bond donors (Lipinski definition) is 1. The lowest BCUT2D eigenvalue weighted by atomic mass is 9.46. The molecular formula is C27H30ClFN6O3. The molecule has 0 saturated heterocycles. The molecule has 2 heterocycles. The van der Waals surface area contributed by atoms with E-state index in [1.165, 1.54) is 18.3 Å². The zero-order valence-electron chi connectivity index (χ0n) is 21.4. The summed E-state index contributed by atoms with van der Waals surface area (Å²) in [7, 11) is 0. The monoisotopic (exact) mass is 540 g/mol. The molecule has 1 amide bonds. The maximum atomic E-state index is 13.5. The standard InChI is InChI=1S/C27H30ClFN6O3/c1-16-25(17(2)33(32-16)13-20-3-4-21(29)6-23(20)28)31-24(36)11-26-7-18-5-19(8-26)10-27(9-18,15-26)34-14-22(12-30-34)35(37)38/h3-4,6,12,14,18-19H,5,7-11,13,15H2,1-2H3,(H,31,36). The second kappa shape index (κ2) is 8.90. The van der Waals surface area contributed by atoms with Crippen molar-refractivity contribution in [1.29, 1.82) is 0 Å². The minimum atomic E-state index is -0.401. The van der Waals surface area contributed by atoms with Gasteiger partial charge in [-0.05, 0) is 87.3 Å². The molecule has 200 valence electrons. The molecule has 4 saturated carbocycles. The van der Waals surface area contributed by atoms with Gasteiger partial charge in [0.2, 0.25) is 5.91 Å². The Kier molecular flexibility index (Phi) is 5.86. The van der Waals surface area contributed by atoms with Crippen LogP contribution in [0, 0.1) is 47.0 Å². The number of anilines is 1. The van der Waals surface area contributed by atoms with Gasteiger partial charge in [-0.3, -0.25) is 24.3 Å². The van der Waals surface area contributed by atoms with Gasteiger partial charge in [-0.1, -0.05) is 17.7 Å². The summed E-state index contributed by atoms with van der Waals surface area (Å²) in [4.78, 5) is 24.4. The first-order chi connectivity index (χ1) is 18.0. The summed E-state index contributed by atoms with van der Waals surface area (Å²) in [5.74, 6) is 0.564. The van der Waals surface area contributed by atoms with E-state index in [1.807, 2.05) is 18.5 Å². The SMILES string of the molecule is Cc1nn(Cc2ccc(F)cc2Cl)c(C)c1NC(=O)CC12CC3CC(C1)CC(n1cc([N+](=O)[O-])cn1)(C3)C2. The normalized spacial score (nSPS) is 27.6. The number of nitrogens with one attached hydrogen (secondary N) is 1. The Labute approximate surface area is 224 Å². The van der Waals surface area contributed by atoms with Crippen molar-refractivity contribution >= 4 is 28.9 Å². The molecule has 1 aromatic carbocycles. The first-order valence-corrected chi connectivity index (χ1v) is 13.4. The summed E-state index contributed by atoms with van der Waals surface area (Å²) >= 11 is 6.22. The number of amides is 1. The van der Waals surface area contributed by atoms with Crippen molar-refractivity contribution in [2.24, 2.45) is 17.3 Å². The molecule has 1 N–H and O–H groups in total. The highest BCUT2D eigenvalue weighted by Crippen LogP contribution is 2.65. The van der Waals surface area contributed by atoms with E-state index in [9.17, 15) is 19.3 Å². The molecule has 2 atom stereocenters. The number of nitrogens with zero attached hydrogens (tertiary/aromatic N) is 5. The zero-order chi connectivity index (χ0) is 26.8. The average molecular weight is 541 g/mol. The average Bonchev–Trinajstić information content (AvgIpc) is 3.42. The highest BCUT2D eigenvalue weighted by Gasteiger charge is 2.59. The number of carbonyl (C=O) groups excluding carboxylic acids is 1. The lowest BCUT2D eigenvalue weighted by Gasteiger charge is -2.61. The summed E-state index contributed by atoms with van der Waals surface area (Å²) < 4.78 is 17.1. The van der Waals surface area contributed by atoms with Gasteiger partial charge >= 0.3 is 5.69 Å². The van der Waals surface area contributed by atoms with E-state index in [2.05, 4.69) is 15.5 Å². The van der Waals surface area contributed by atoms with Crippen LogP contribution in [0.4, 0.5) is 15.8 Å². The number of aryl methyl sites for hydroxylation is 1. The third-order valence-electron chi connectivity index (χ3n) is 8.93. The first kappa shape index (κ1) is 25.0. The Morgan fingerprint density at radius 1 is 1.26 bits per heavy atom. The van der Waals surface area contributed by atoms with Gasteiger partial charge in [0, 0.05) is 11.4 Å². The quantitative estimate of drug-likeness (QED) is 0.302. The van der Waals surface area contributed by atoms with E-state index in [1.54, 1.807) is 16.9 Å². The fourth-order valence-corrected chi connectivity index (χ4v) is 8.14. The summed E-state index contributed by atoms with van der Waals surface area (Å²) in [5, 5.41) is 23.8. The van der Waals surface area contributed by atoms with Crippen LogP contribution in [-0.4, -0.2) is 30.4 Å². The van der Waals surface area contributed by atoms with Crippen molar-refractivity contribution in [1.82, 2.24) is 19.6 Å². The van der Waals surface area contributed by atoms with Gasteiger partial charge in [0.1, 0.15) is 18.2 Å². The third-order valence-corrected chi connectivity index (χ3v) is 9.29. The van der Waals surface area contributed by atoms with Gasteiger partial charge in [-0.25, -0.2) is 4.39 Å². The second-order valence-corrected chi connectivity index (χ2v) is 12.2. The Balaban J connectivity index is 1.20. The van der Waals surface area contributed by atoms with Gasteiger partial charge in [0.15, 0.2) is 0 Å². The van der Waals surface area contributed by atoms with Crippen molar-refractivity contribution in [2.75, 3.05) is 5.32 Å². The van der Waals surface area contributed by atoms with E-state index in [0.29, 0.717) is 41.2 Å². The van der Waals surface area contributed by atoms with Crippen molar-refractivity contribution < 1.29 is 14.1 Å². The fraction of sp³-hybridized carbons (Fsp3) is 0.519. The number of halogens is 2. The molecule has 4 aliphatic carbocycles. The largest absolute Gasteiger partial charge is 0.323 e. The van der Waals surface area contributed by atoms with Gasteiger partial charge in [0.25, 0.3) is 0 Å². The van der Waals surface area contributed by atoms with E-state index < -0.39 is 10.7 Å². The van der Waals surface area contributed by atoms with Crippen LogP contribution in [0.15, 0.2) is 30.6 Å². The van der Waals surface area contributed by atoms with Crippen LogP contribution in [0.25, 0.3) is 0 Å². The summed E-state index contributed by atoms with van der Waals surface area (Å²) in [6.45, 7) is 4.13. The topological polar surface area (TPSA) is 108 Å². The second-order valence-electron chi connectivity index (χ2n) is 11.7. The lowest BCUT2D eigenvalue weighted by Crippen LogP contribution is -2.57. The number of hydrogen-bond acceptors (Lipinski definition) is 5. The van der Waals surface area contributed by atoms with Crippen LogP contribution >= 0.6 is 11.6 Å². The Hall–Kier alpha value is -3.27. The zero-order valence-corrected chi connectivity index (χ0v) is 22.2. The summed E-state index contributed by atoms with van der Waals surface area (Å²) in [6, 6.07) is 4.30. The minimum absolute atomic E-state index is 0.0115. The maximum absolute atomic E-state index is 13.5. The predicted molar refractivity (Wildman–Crippen MR) is 139 cm³/mol. The number of carbonyl (C=O) groups is 1. The molecule has 11 heteroatoms. The van der Waals surface area contributed by atoms with Crippen LogP contribution in [-0.2, 0) is 16.9 Å². The molecule has 2 unspecified atom stereocenters. The van der Waals surface area contributed by atoms with Gasteiger partial charge in [-0.2, -0.15) is 10.2 Å². The molecule has 4 aliphatic rings. The highest BCUT2D eigenvalue weighted by molar-refractivity contribution is 6.31. The number of benzene rings is 1. The molecule has 2 aromatic heterocycles. The molecule has 0 radical (unpaired) electrons. The number of aromatic nitrogens is 4. The molecule has 3 aromatic rings. The van der Waals surface area contributed by atoms with E-state index >= 15 is 0 Å². The molecule has 0 spiro atoms. The Morgan fingerprint density at radius 2 is 2.00 bits per heavy atom. The van der Waals surface area contributed by atoms with Crippen molar-refractivity contribution in [3.8, 4) is 0 Å².